The first-order valence-electron chi connectivity index (χ1n) is 11.1. The second-order valence-electron chi connectivity index (χ2n) is 10.3. The van der Waals surface area contributed by atoms with Crippen LogP contribution < -0.4 is 21.1 Å². The summed E-state index contributed by atoms with van der Waals surface area (Å²) in [4.78, 5) is 16.5. The van der Waals surface area contributed by atoms with E-state index in [0.717, 1.165) is 11.1 Å². The van der Waals surface area contributed by atoms with Gasteiger partial charge in [-0.2, -0.15) is 0 Å². The lowest BCUT2D eigenvalue weighted by Crippen LogP contribution is -2.30. The van der Waals surface area contributed by atoms with Gasteiger partial charge in [0.2, 0.25) is 0 Å². The van der Waals surface area contributed by atoms with Gasteiger partial charge in [-0.1, -0.05) is 53.7 Å². The number of nitrogens with one attached hydrogen (secondary N) is 1. The maximum Gasteiger partial charge on any atom is 0.264 e. The van der Waals surface area contributed by atoms with Crippen molar-refractivity contribution < 1.29 is 13.2 Å². The van der Waals surface area contributed by atoms with Crippen LogP contribution in [0.2, 0.25) is 0 Å². The van der Waals surface area contributed by atoms with E-state index in [9.17, 15) is 13.2 Å². The van der Waals surface area contributed by atoms with Crippen LogP contribution in [0.1, 0.15) is 63.0 Å². The van der Waals surface area contributed by atoms with Crippen molar-refractivity contribution in [1.29, 1.82) is 0 Å². The van der Waals surface area contributed by atoms with Crippen molar-refractivity contribution in [3.05, 3.63) is 59.2 Å². The number of hydrogen-bond donors (Lipinski definition) is 3. The van der Waals surface area contributed by atoms with E-state index in [-0.39, 0.29) is 40.7 Å². The highest BCUT2D eigenvalue weighted by atomic mass is 32.2. The molecule has 186 valence electrons. The number of rotatable bonds is 7. The van der Waals surface area contributed by atoms with Crippen LogP contribution in [-0.4, -0.2) is 40.4 Å². The largest absolute Gasteiger partial charge is 0.370 e. The fourth-order valence-electron chi connectivity index (χ4n) is 3.21. The number of amides is 1. The summed E-state index contributed by atoms with van der Waals surface area (Å²) in [7, 11) is -2.38. The Morgan fingerprint density at radius 1 is 0.971 bits per heavy atom. The summed E-state index contributed by atoms with van der Waals surface area (Å²) >= 11 is 0. The zero-order chi connectivity index (χ0) is 25.9. The van der Waals surface area contributed by atoms with Gasteiger partial charge in [0.1, 0.15) is 0 Å². The first kappa shape index (κ1) is 27.2. The number of aliphatic imine (C=N–C) groups is 1. The predicted octanol–water partition coefficient (Wildman–Crippen LogP) is 3.11. The monoisotopic (exact) mass is 487 g/mol. The normalized spacial score (nSPS) is 12.2. The molecular weight excluding hydrogens is 450 g/mol. The van der Waals surface area contributed by atoms with E-state index >= 15 is 0 Å². The van der Waals surface area contributed by atoms with Gasteiger partial charge in [0.25, 0.3) is 15.9 Å². The van der Waals surface area contributed by atoms with Crippen molar-refractivity contribution in [3.8, 4) is 0 Å². The SMILES string of the molecule is CN(c1cccc(C(=O)NCCN=C(N)N)c1)S(=O)(=O)c1cc(C(C)(C)C)cc(C(C)(C)C)c1. The number of guanidine groups is 1. The zero-order valence-corrected chi connectivity index (χ0v) is 22.0. The minimum absolute atomic E-state index is 0.0479. The van der Waals surface area contributed by atoms with Gasteiger partial charge in [-0.25, -0.2) is 8.42 Å². The molecule has 0 bridgehead atoms. The van der Waals surface area contributed by atoms with Crippen molar-refractivity contribution in [3.63, 3.8) is 0 Å². The van der Waals surface area contributed by atoms with Gasteiger partial charge in [0.15, 0.2) is 5.96 Å². The predicted molar refractivity (Wildman–Crippen MR) is 139 cm³/mol. The van der Waals surface area contributed by atoms with Crippen LogP contribution in [0.4, 0.5) is 5.69 Å². The fraction of sp³-hybridized carbons (Fsp3) is 0.440. The van der Waals surface area contributed by atoms with Gasteiger partial charge in [-0.05, 0) is 52.3 Å². The summed E-state index contributed by atoms with van der Waals surface area (Å²) in [5.41, 5.74) is 12.7. The fourth-order valence-corrected chi connectivity index (χ4v) is 4.47. The van der Waals surface area contributed by atoms with Gasteiger partial charge in [-0.15, -0.1) is 0 Å². The van der Waals surface area contributed by atoms with Crippen LogP contribution in [0.15, 0.2) is 52.4 Å². The minimum Gasteiger partial charge on any atom is -0.370 e. The third-order valence-electron chi connectivity index (χ3n) is 5.46. The average molecular weight is 488 g/mol. The summed E-state index contributed by atoms with van der Waals surface area (Å²) in [6, 6.07) is 12.0. The van der Waals surface area contributed by atoms with Crippen LogP contribution in [0.25, 0.3) is 0 Å². The molecule has 0 radical (unpaired) electrons. The van der Waals surface area contributed by atoms with E-state index in [2.05, 4.69) is 57.9 Å². The van der Waals surface area contributed by atoms with Gasteiger partial charge >= 0.3 is 0 Å². The Hall–Kier alpha value is -3.07. The molecular formula is C25H37N5O3S. The summed E-state index contributed by atoms with van der Waals surface area (Å²) in [6.07, 6.45) is 0. The lowest BCUT2D eigenvalue weighted by atomic mass is 9.81. The molecule has 0 saturated heterocycles. The molecule has 8 nitrogen and oxygen atoms in total. The average Bonchev–Trinajstić information content (AvgIpc) is 2.74. The Morgan fingerprint density at radius 2 is 1.53 bits per heavy atom. The Morgan fingerprint density at radius 3 is 2.03 bits per heavy atom. The molecule has 0 aliphatic rings. The van der Waals surface area contributed by atoms with E-state index in [4.69, 9.17) is 11.5 Å². The molecule has 2 aromatic rings. The Bertz CT molecular complexity index is 1140. The maximum absolute atomic E-state index is 13.6. The molecule has 0 aromatic heterocycles. The molecule has 9 heteroatoms. The van der Waals surface area contributed by atoms with Crippen molar-refractivity contribution in [2.75, 3.05) is 24.4 Å². The third kappa shape index (κ3) is 6.72. The molecule has 34 heavy (non-hydrogen) atoms. The number of anilines is 1. The van der Waals surface area contributed by atoms with Gasteiger partial charge in [-0.3, -0.25) is 14.1 Å². The standard InChI is InChI=1S/C25H37N5O3S/c1-24(2,3)18-14-19(25(4,5)6)16-21(15-18)34(32,33)30(7)20-10-8-9-17(13-20)22(31)28-11-12-29-23(26)27/h8-10,13-16H,11-12H2,1-7H3,(H,28,31)(H4,26,27,29). The van der Waals surface area contributed by atoms with Crippen molar-refractivity contribution in [2.24, 2.45) is 16.5 Å². The lowest BCUT2D eigenvalue weighted by Gasteiger charge is -2.27. The van der Waals surface area contributed by atoms with Gasteiger partial charge < -0.3 is 16.8 Å². The van der Waals surface area contributed by atoms with Gasteiger partial charge in [0, 0.05) is 19.2 Å². The number of nitrogens with zero attached hydrogens (tertiary/aromatic N) is 2. The number of carbonyl (C=O) groups is 1. The van der Waals surface area contributed by atoms with E-state index < -0.39 is 10.0 Å². The quantitative estimate of drug-likeness (QED) is 0.314. The summed E-state index contributed by atoms with van der Waals surface area (Å²) in [6.45, 7) is 12.9. The van der Waals surface area contributed by atoms with Crippen LogP contribution in [0.3, 0.4) is 0 Å². The molecule has 0 fully saturated rings. The van der Waals surface area contributed by atoms with Crippen molar-refractivity contribution in [1.82, 2.24) is 5.32 Å². The second-order valence-corrected chi connectivity index (χ2v) is 12.3. The molecule has 2 rings (SSSR count). The molecule has 0 atom stereocenters. The molecule has 0 spiro atoms. The topological polar surface area (TPSA) is 131 Å². The highest BCUT2D eigenvalue weighted by Crippen LogP contribution is 2.33. The van der Waals surface area contributed by atoms with Crippen molar-refractivity contribution >= 4 is 27.6 Å². The highest BCUT2D eigenvalue weighted by Gasteiger charge is 2.27. The van der Waals surface area contributed by atoms with Crippen LogP contribution in [0, 0.1) is 0 Å². The van der Waals surface area contributed by atoms with Crippen LogP contribution >= 0.6 is 0 Å². The molecule has 0 unspecified atom stereocenters. The Kier molecular flexibility index (Phi) is 8.03. The van der Waals surface area contributed by atoms with Crippen molar-refractivity contribution in [2.45, 2.75) is 57.3 Å². The first-order valence-corrected chi connectivity index (χ1v) is 12.6. The van der Waals surface area contributed by atoms with Crippen LogP contribution in [0.5, 0.6) is 0 Å². The Labute approximate surface area is 203 Å². The molecule has 0 saturated carbocycles. The zero-order valence-electron chi connectivity index (χ0n) is 21.1. The smallest absolute Gasteiger partial charge is 0.264 e. The molecule has 0 aliphatic heterocycles. The minimum atomic E-state index is -3.87. The number of hydrogen-bond acceptors (Lipinski definition) is 4. The van der Waals surface area contributed by atoms with E-state index in [1.807, 2.05) is 0 Å². The molecule has 2 aromatic carbocycles. The number of carbonyl (C=O) groups excluding carboxylic acids is 1. The van der Waals surface area contributed by atoms with E-state index in [1.54, 1.807) is 36.4 Å². The molecule has 5 N–H and O–H groups in total. The number of benzene rings is 2. The highest BCUT2D eigenvalue weighted by molar-refractivity contribution is 7.92. The molecule has 1 amide bonds. The van der Waals surface area contributed by atoms with Gasteiger partial charge in [0.05, 0.1) is 17.1 Å². The molecule has 0 heterocycles. The Balaban J connectivity index is 2.41. The molecule has 0 aliphatic carbocycles. The second kappa shape index (κ2) is 10.0. The lowest BCUT2D eigenvalue weighted by molar-refractivity contribution is 0.0955. The summed E-state index contributed by atoms with van der Waals surface area (Å²) in [5.74, 6) is -0.392. The maximum atomic E-state index is 13.6. The van der Waals surface area contributed by atoms with E-state index in [0.29, 0.717) is 11.3 Å². The van der Waals surface area contributed by atoms with E-state index in [1.165, 1.54) is 11.4 Å². The first-order chi connectivity index (χ1) is 15.5. The summed E-state index contributed by atoms with van der Waals surface area (Å²) in [5, 5.41) is 2.71. The third-order valence-corrected chi connectivity index (χ3v) is 7.22. The van der Waals surface area contributed by atoms with Crippen LogP contribution in [-0.2, 0) is 20.9 Å². The number of sulfonamides is 1. The summed E-state index contributed by atoms with van der Waals surface area (Å²) < 4.78 is 28.5. The number of nitrogens with two attached hydrogens (primary N) is 2.